The molecule has 0 fully saturated rings. The molecule has 59 heavy (non-hydrogen) atoms. The van der Waals surface area contributed by atoms with Gasteiger partial charge in [-0.1, -0.05) is 221 Å². The molecule has 5 aromatic carbocycles. The van der Waals surface area contributed by atoms with E-state index in [4.69, 9.17) is 0 Å². The molecular weight excluding hydrogens is 711 g/mol. The first-order valence-electron chi connectivity index (χ1n) is 20.9. The molecule has 1 aromatic heterocycles. The maximum Gasteiger partial charge on any atom is 0.0701 e. The molecule has 5 atom stereocenters. The van der Waals surface area contributed by atoms with Crippen LogP contribution in [0.25, 0.3) is 22.4 Å². The predicted molar refractivity (Wildman–Crippen MR) is 249 cm³/mol. The summed E-state index contributed by atoms with van der Waals surface area (Å²) in [4.78, 5) is 4.63. The van der Waals surface area contributed by atoms with E-state index in [2.05, 4.69) is 207 Å². The van der Waals surface area contributed by atoms with Crippen LogP contribution >= 0.6 is 0 Å². The lowest BCUT2D eigenvalue weighted by molar-refractivity contribution is 0.640. The van der Waals surface area contributed by atoms with Crippen LogP contribution in [0.5, 0.6) is 0 Å². The van der Waals surface area contributed by atoms with E-state index in [9.17, 15) is 0 Å². The largest absolute Gasteiger partial charge is 0.256 e. The zero-order chi connectivity index (χ0) is 40.1. The van der Waals surface area contributed by atoms with Gasteiger partial charge in [0.25, 0.3) is 0 Å². The molecule has 5 unspecified atom stereocenters. The summed E-state index contributed by atoms with van der Waals surface area (Å²) in [6, 6.07) is 55.6. The van der Waals surface area contributed by atoms with Gasteiger partial charge in [-0.25, -0.2) is 0 Å². The van der Waals surface area contributed by atoms with Crippen LogP contribution < -0.4 is 0 Å². The van der Waals surface area contributed by atoms with Gasteiger partial charge in [-0.15, -0.1) is 0 Å². The highest BCUT2D eigenvalue weighted by Crippen LogP contribution is 2.52. The van der Waals surface area contributed by atoms with Crippen LogP contribution in [-0.2, 0) is 0 Å². The number of hydrogen-bond acceptors (Lipinski definition) is 1. The molecule has 0 N–H and O–H groups in total. The second-order valence-electron chi connectivity index (χ2n) is 15.9. The van der Waals surface area contributed by atoms with Crippen molar-refractivity contribution in [2.45, 2.75) is 31.6 Å². The van der Waals surface area contributed by atoms with Crippen molar-refractivity contribution in [2.75, 3.05) is 0 Å². The number of pyridine rings is 1. The van der Waals surface area contributed by atoms with E-state index in [-0.39, 0.29) is 17.8 Å². The smallest absolute Gasteiger partial charge is 0.0701 e. The van der Waals surface area contributed by atoms with Crippen molar-refractivity contribution in [1.82, 2.24) is 4.98 Å². The van der Waals surface area contributed by atoms with Gasteiger partial charge >= 0.3 is 0 Å². The third kappa shape index (κ3) is 7.65. The summed E-state index contributed by atoms with van der Waals surface area (Å²) in [7, 11) is 0. The van der Waals surface area contributed by atoms with Crippen LogP contribution in [0.2, 0.25) is 0 Å². The molecule has 0 aliphatic heterocycles. The molecular formula is C58H49N. The van der Waals surface area contributed by atoms with Crippen LogP contribution in [0, 0.1) is 11.8 Å². The van der Waals surface area contributed by atoms with E-state index in [1.807, 2.05) is 36.6 Å². The molecule has 0 saturated carbocycles. The lowest BCUT2D eigenvalue weighted by Crippen LogP contribution is -2.24. The fourth-order valence-electron chi connectivity index (χ4n) is 9.33. The molecule has 0 spiro atoms. The number of nitrogens with zero attached hydrogens (tertiary/aromatic N) is 1. The summed E-state index contributed by atoms with van der Waals surface area (Å²) >= 11 is 0. The van der Waals surface area contributed by atoms with Gasteiger partial charge in [0.2, 0.25) is 0 Å². The van der Waals surface area contributed by atoms with E-state index in [0.29, 0.717) is 11.8 Å². The molecule has 6 aromatic rings. The summed E-state index contributed by atoms with van der Waals surface area (Å²) < 4.78 is 0. The van der Waals surface area contributed by atoms with Crippen molar-refractivity contribution in [2.24, 2.45) is 11.8 Å². The summed E-state index contributed by atoms with van der Waals surface area (Å²) in [6.07, 6.45) is 24.4. The Morgan fingerprint density at radius 2 is 1.29 bits per heavy atom. The lowest BCUT2D eigenvalue weighted by atomic mass is 9.65. The van der Waals surface area contributed by atoms with Crippen molar-refractivity contribution in [1.29, 1.82) is 0 Å². The van der Waals surface area contributed by atoms with Crippen molar-refractivity contribution in [3.05, 3.63) is 281 Å². The summed E-state index contributed by atoms with van der Waals surface area (Å²) in [5.74, 6) is 1.13. The second kappa shape index (κ2) is 16.9. The van der Waals surface area contributed by atoms with Gasteiger partial charge < -0.3 is 0 Å². The maximum atomic E-state index is 4.63. The van der Waals surface area contributed by atoms with Crippen molar-refractivity contribution < 1.29 is 0 Å². The molecule has 0 saturated heterocycles. The standard InChI is InChI=1S/C58H49N/c1-4-5-6-9-18-40(2)42-26-30-47(31-27-42)58-51-24-15-14-23-50(51)57(46-32-28-45(29-33-46)56-25-16-17-36-59-56)52-35-34-48(37-55(52)58)49-38-53(43-19-10-7-11-20-43)41(3)54(39-49)44-21-12-8-13-22-44/h4-41,53,55,58H,1H2,2-3H3/b6-5-,18-9-. The Labute approximate surface area is 350 Å². The average molecular weight is 760 g/mol. The van der Waals surface area contributed by atoms with Crippen molar-refractivity contribution in [3.8, 4) is 11.3 Å². The first kappa shape index (κ1) is 37.7. The average Bonchev–Trinajstić information content (AvgIpc) is 3.30. The minimum Gasteiger partial charge on any atom is -0.256 e. The molecule has 1 heterocycles. The highest BCUT2D eigenvalue weighted by Gasteiger charge is 2.37. The van der Waals surface area contributed by atoms with E-state index in [0.717, 1.165) is 11.3 Å². The summed E-state index contributed by atoms with van der Waals surface area (Å²) in [5.41, 5.74) is 17.8. The second-order valence-corrected chi connectivity index (χ2v) is 15.9. The fraction of sp³-hybridized carbons (Fsp3) is 0.121. The normalized spacial score (nSPS) is 20.4. The Kier molecular flexibility index (Phi) is 10.8. The Morgan fingerprint density at radius 3 is 2.03 bits per heavy atom. The Bertz CT molecular complexity index is 2670. The lowest BCUT2D eigenvalue weighted by Gasteiger charge is -2.38. The van der Waals surface area contributed by atoms with Gasteiger partial charge in [-0.3, -0.25) is 4.98 Å². The van der Waals surface area contributed by atoms with Crippen LogP contribution in [0.15, 0.2) is 242 Å². The predicted octanol–water partition coefficient (Wildman–Crippen LogP) is 14.7. The maximum absolute atomic E-state index is 4.63. The van der Waals surface area contributed by atoms with Gasteiger partial charge in [0.1, 0.15) is 0 Å². The van der Waals surface area contributed by atoms with Crippen molar-refractivity contribution in [3.63, 3.8) is 0 Å². The molecule has 1 nitrogen and oxygen atoms in total. The Hall–Kier alpha value is -6.83. The highest BCUT2D eigenvalue weighted by atomic mass is 14.7. The van der Waals surface area contributed by atoms with Crippen LogP contribution in [0.4, 0.5) is 0 Å². The molecule has 1 heteroatoms. The Morgan fingerprint density at radius 1 is 0.593 bits per heavy atom. The fourth-order valence-corrected chi connectivity index (χ4v) is 9.33. The van der Waals surface area contributed by atoms with Crippen molar-refractivity contribution >= 4 is 11.1 Å². The first-order chi connectivity index (χ1) is 29.1. The van der Waals surface area contributed by atoms with Gasteiger partial charge in [-0.2, -0.15) is 0 Å². The number of hydrogen-bond donors (Lipinski definition) is 0. The van der Waals surface area contributed by atoms with Crippen LogP contribution in [0.1, 0.15) is 70.5 Å². The summed E-state index contributed by atoms with van der Waals surface area (Å²) in [6.45, 7) is 8.44. The third-order valence-corrected chi connectivity index (χ3v) is 12.4. The van der Waals surface area contributed by atoms with Gasteiger partial charge in [0.05, 0.1) is 5.69 Å². The quantitative estimate of drug-likeness (QED) is 0.127. The topological polar surface area (TPSA) is 12.9 Å². The minimum atomic E-state index is 0.117. The highest BCUT2D eigenvalue weighted by molar-refractivity contribution is 5.89. The minimum absolute atomic E-state index is 0.117. The molecule has 3 aliphatic rings. The first-order valence-corrected chi connectivity index (χ1v) is 20.9. The zero-order valence-electron chi connectivity index (χ0n) is 33.8. The molecule has 0 bridgehead atoms. The molecule has 0 amide bonds. The summed E-state index contributed by atoms with van der Waals surface area (Å²) in [5, 5.41) is 0. The third-order valence-electron chi connectivity index (χ3n) is 12.4. The number of rotatable bonds is 10. The molecule has 286 valence electrons. The van der Waals surface area contributed by atoms with Crippen LogP contribution in [0.3, 0.4) is 0 Å². The van der Waals surface area contributed by atoms with Gasteiger partial charge in [0.15, 0.2) is 0 Å². The van der Waals surface area contributed by atoms with Crippen LogP contribution in [-0.4, -0.2) is 4.98 Å². The zero-order valence-corrected chi connectivity index (χ0v) is 33.8. The SMILES string of the molecule is C=C/C=C\C=C/C(C)c1ccc(C2c3ccccc3C(c3ccc(-c4ccccn4)cc3)=C3C=CC(C4=CC(c5ccccc5)C(C)C(c5ccccc5)=C4)=CC32)cc1. The molecule has 3 aliphatic carbocycles. The van der Waals surface area contributed by atoms with Gasteiger partial charge in [0, 0.05) is 29.5 Å². The number of aromatic nitrogens is 1. The number of fused-ring (bicyclic) bond motifs is 2. The number of benzene rings is 5. The van der Waals surface area contributed by atoms with E-state index >= 15 is 0 Å². The molecule has 0 radical (unpaired) electrons. The monoisotopic (exact) mass is 759 g/mol. The van der Waals surface area contributed by atoms with E-state index < -0.39 is 0 Å². The number of allylic oxidation sites excluding steroid dienone is 14. The van der Waals surface area contributed by atoms with E-state index in [1.165, 1.54) is 66.8 Å². The van der Waals surface area contributed by atoms with E-state index in [1.54, 1.807) is 0 Å². The molecule has 9 rings (SSSR count). The van der Waals surface area contributed by atoms with Gasteiger partial charge in [-0.05, 0) is 90.8 Å². The Balaban J connectivity index is 1.19.